The summed E-state index contributed by atoms with van der Waals surface area (Å²) < 4.78 is 17.9. The van der Waals surface area contributed by atoms with Gasteiger partial charge in [-0.1, -0.05) is 0 Å². The molecule has 10 heteroatoms. The molecule has 1 aliphatic rings. The van der Waals surface area contributed by atoms with Crippen molar-refractivity contribution in [3.8, 4) is 0 Å². The molecule has 3 heterocycles. The van der Waals surface area contributed by atoms with E-state index in [1.807, 2.05) is 0 Å². The van der Waals surface area contributed by atoms with Crippen LogP contribution in [-0.4, -0.2) is 82.0 Å². The molecular formula is C14H21N5O5. The summed E-state index contributed by atoms with van der Waals surface area (Å²) in [6.45, 7) is 0.412. The maximum absolute atomic E-state index is 10.6. The van der Waals surface area contributed by atoms with Crippen LogP contribution in [0.25, 0.3) is 11.2 Å². The molecular weight excluding hydrogens is 318 g/mol. The summed E-state index contributed by atoms with van der Waals surface area (Å²) in [6, 6.07) is 0. The van der Waals surface area contributed by atoms with Crippen LogP contribution in [0.3, 0.4) is 0 Å². The Morgan fingerprint density at radius 3 is 2.88 bits per heavy atom. The lowest BCUT2D eigenvalue weighted by Gasteiger charge is -2.19. The second kappa shape index (κ2) is 7.36. The van der Waals surface area contributed by atoms with Crippen molar-refractivity contribution in [3.63, 3.8) is 0 Å². The number of rotatable bonds is 7. The predicted octanol–water partition coefficient (Wildman–Crippen LogP) is -0.850. The maximum Gasteiger partial charge on any atom is 0.167 e. The largest absolute Gasteiger partial charge is 0.394 e. The van der Waals surface area contributed by atoms with Gasteiger partial charge >= 0.3 is 0 Å². The van der Waals surface area contributed by atoms with Gasteiger partial charge in [-0.2, -0.15) is 0 Å². The van der Waals surface area contributed by atoms with Crippen molar-refractivity contribution in [2.45, 2.75) is 24.5 Å². The molecule has 0 radical (unpaired) electrons. The van der Waals surface area contributed by atoms with Crippen LogP contribution in [0.1, 0.15) is 6.23 Å². The molecule has 0 saturated carbocycles. The number of fused-ring (bicyclic) bond motifs is 1. The van der Waals surface area contributed by atoms with Crippen molar-refractivity contribution in [1.82, 2.24) is 19.5 Å². The van der Waals surface area contributed by atoms with Gasteiger partial charge in [0.2, 0.25) is 0 Å². The van der Waals surface area contributed by atoms with Crippen LogP contribution in [-0.2, 0) is 14.2 Å². The highest BCUT2D eigenvalue weighted by molar-refractivity contribution is 5.82. The van der Waals surface area contributed by atoms with Crippen LogP contribution in [0.5, 0.6) is 0 Å². The first-order valence-corrected chi connectivity index (χ1v) is 7.61. The summed E-state index contributed by atoms with van der Waals surface area (Å²) in [5, 5.41) is 23.1. The van der Waals surface area contributed by atoms with Crippen LogP contribution >= 0.6 is 0 Å². The average Bonchev–Trinajstić information content (AvgIpc) is 3.16. The Labute approximate surface area is 138 Å². The van der Waals surface area contributed by atoms with Gasteiger partial charge in [-0.05, 0) is 0 Å². The second-order valence-electron chi connectivity index (χ2n) is 5.36. The quantitative estimate of drug-likeness (QED) is 0.553. The van der Waals surface area contributed by atoms with E-state index in [0.717, 1.165) is 0 Å². The van der Waals surface area contributed by atoms with E-state index in [0.29, 0.717) is 30.2 Å². The van der Waals surface area contributed by atoms with E-state index in [-0.39, 0.29) is 6.61 Å². The third-order valence-electron chi connectivity index (χ3n) is 3.96. The fourth-order valence-corrected chi connectivity index (χ4v) is 2.79. The molecule has 1 saturated heterocycles. The molecule has 24 heavy (non-hydrogen) atoms. The zero-order valence-electron chi connectivity index (χ0n) is 13.5. The van der Waals surface area contributed by atoms with Gasteiger partial charge in [0.25, 0.3) is 0 Å². The molecule has 0 aliphatic carbocycles. The van der Waals surface area contributed by atoms with Crippen LogP contribution in [0.15, 0.2) is 12.7 Å². The van der Waals surface area contributed by atoms with E-state index in [1.165, 1.54) is 12.7 Å². The number of aromatic nitrogens is 4. The standard InChI is InChI=1S/C14H21N5O5/c1-15-12-9-13(17-6-16-12)19(7-18-9)14-10(21)11(8(5-20)24-14)23-4-3-22-2/h6-8,10-11,14,20-21H,3-5H2,1-2H3,(H,15,16,17)/t8-,10-,11-,14-/m1/s1. The van der Waals surface area contributed by atoms with Gasteiger partial charge < -0.3 is 29.7 Å². The van der Waals surface area contributed by atoms with Gasteiger partial charge in [0, 0.05) is 14.2 Å². The lowest BCUT2D eigenvalue weighted by Crippen LogP contribution is -2.37. The summed E-state index contributed by atoms with van der Waals surface area (Å²) >= 11 is 0. The summed E-state index contributed by atoms with van der Waals surface area (Å²) in [5.74, 6) is 0.581. The number of imidazole rings is 1. The Hall–Kier alpha value is -1.85. The number of nitrogens with one attached hydrogen (secondary N) is 1. The Morgan fingerprint density at radius 2 is 2.17 bits per heavy atom. The number of anilines is 1. The average molecular weight is 339 g/mol. The summed E-state index contributed by atoms with van der Waals surface area (Å²) in [4.78, 5) is 12.6. The van der Waals surface area contributed by atoms with E-state index in [4.69, 9.17) is 14.2 Å². The smallest absolute Gasteiger partial charge is 0.167 e. The molecule has 1 fully saturated rings. The predicted molar refractivity (Wildman–Crippen MR) is 83.5 cm³/mol. The minimum absolute atomic E-state index is 0.269. The van der Waals surface area contributed by atoms with Crippen molar-refractivity contribution < 1.29 is 24.4 Å². The minimum Gasteiger partial charge on any atom is -0.394 e. The molecule has 0 spiro atoms. The molecule has 3 rings (SSSR count). The topological polar surface area (TPSA) is 124 Å². The van der Waals surface area contributed by atoms with E-state index in [9.17, 15) is 10.2 Å². The van der Waals surface area contributed by atoms with Crippen molar-refractivity contribution in [2.75, 3.05) is 39.3 Å². The van der Waals surface area contributed by atoms with E-state index in [1.54, 1.807) is 18.7 Å². The third-order valence-corrected chi connectivity index (χ3v) is 3.96. The highest BCUT2D eigenvalue weighted by Gasteiger charge is 2.45. The molecule has 2 aromatic heterocycles. The Balaban J connectivity index is 1.87. The molecule has 2 aromatic rings. The van der Waals surface area contributed by atoms with Crippen LogP contribution in [0.4, 0.5) is 5.82 Å². The molecule has 0 amide bonds. The molecule has 1 aliphatic heterocycles. The fraction of sp³-hybridized carbons (Fsp3) is 0.643. The zero-order valence-corrected chi connectivity index (χ0v) is 13.5. The molecule has 0 aromatic carbocycles. The summed E-state index contributed by atoms with van der Waals surface area (Å²) in [7, 11) is 3.30. The molecule has 3 N–H and O–H groups in total. The summed E-state index contributed by atoms with van der Waals surface area (Å²) in [6.07, 6.45) is -0.129. The second-order valence-corrected chi connectivity index (χ2v) is 5.36. The van der Waals surface area contributed by atoms with Crippen molar-refractivity contribution in [1.29, 1.82) is 0 Å². The highest BCUT2D eigenvalue weighted by atomic mass is 16.6. The van der Waals surface area contributed by atoms with Gasteiger partial charge in [0.15, 0.2) is 17.7 Å². The highest BCUT2D eigenvalue weighted by Crippen LogP contribution is 2.33. The molecule has 4 atom stereocenters. The normalized spacial score (nSPS) is 27.0. The number of aliphatic hydroxyl groups excluding tert-OH is 2. The number of nitrogens with zero attached hydrogens (tertiary/aromatic N) is 4. The van der Waals surface area contributed by atoms with Gasteiger partial charge in [0.05, 0.1) is 26.1 Å². The first kappa shape index (κ1) is 17.0. The van der Waals surface area contributed by atoms with Crippen molar-refractivity contribution in [3.05, 3.63) is 12.7 Å². The van der Waals surface area contributed by atoms with Crippen LogP contribution in [0.2, 0.25) is 0 Å². The summed E-state index contributed by atoms with van der Waals surface area (Å²) in [5.41, 5.74) is 1.09. The van der Waals surface area contributed by atoms with E-state index < -0.39 is 24.5 Å². The van der Waals surface area contributed by atoms with Gasteiger partial charge in [-0.3, -0.25) is 4.57 Å². The Bertz CT molecular complexity index is 681. The molecule has 10 nitrogen and oxygen atoms in total. The van der Waals surface area contributed by atoms with Gasteiger partial charge in [-0.25, -0.2) is 15.0 Å². The van der Waals surface area contributed by atoms with Gasteiger partial charge in [0.1, 0.15) is 30.2 Å². The maximum atomic E-state index is 10.6. The SMILES string of the molecule is CNc1ncnc2c1ncn2[C@@H]1O[C@H](CO)[C@@H](OCCOC)[C@H]1O. The Morgan fingerprint density at radius 1 is 1.33 bits per heavy atom. The number of hydrogen-bond donors (Lipinski definition) is 3. The lowest BCUT2D eigenvalue weighted by molar-refractivity contribution is -0.0678. The number of ether oxygens (including phenoxy) is 3. The first-order valence-electron chi connectivity index (χ1n) is 7.61. The Kier molecular flexibility index (Phi) is 5.21. The van der Waals surface area contributed by atoms with Crippen molar-refractivity contribution in [2.24, 2.45) is 0 Å². The lowest BCUT2D eigenvalue weighted by atomic mass is 10.1. The fourth-order valence-electron chi connectivity index (χ4n) is 2.79. The number of hydrogen-bond acceptors (Lipinski definition) is 9. The van der Waals surface area contributed by atoms with Crippen molar-refractivity contribution >= 4 is 17.0 Å². The first-order chi connectivity index (χ1) is 11.7. The van der Waals surface area contributed by atoms with E-state index >= 15 is 0 Å². The molecule has 0 bridgehead atoms. The molecule has 0 unspecified atom stereocenters. The zero-order chi connectivity index (χ0) is 17.1. The number of aliphatic hydroxyl groups is 2. The van der Waals surface area contributed by atoms with Crippen LogP contribution < -0.4 is 5.32 Å². The number of methoxy groups -OCH3 is 1. The van der Waals surface area contributed by atoms with Crippen LogP contribution in [0, 0.1) is 0 Å². The molecule has 132 valence electrons. The third kappa shape index (κ3) is 2.94. The minimum atomic E-state index is -0.982. The monoisotopic (exact) mass is 339 g/mol. The van der Waals surface area contributed by atoms with E-state index in [2.05, 4.69) is 20.3 Å². The van der Waals surface area contributed by atoms with Gasteiger partial charge in [-0.15, -0.1) is 0 Å².